The van der Waals surface area contributed by atoms with Gasteiger partial charge in [0.15, 0.2) is 0 Å². The maximum atomic E-state index is 12.1. The van der Waals surface area contributed by atoms with Gasteiger partial charge in [-0.15, -0.1) is 0 Å². The molecule has 2 rings (SSSR count). The van der Waals surface area contributed by atoms with Crippen molar-refractivity contribution in [2.45, 2.75) is 32.2 Å². The summed E-state index contributed by atoms with van der Waals surface area (Å²) < 4.78 is 0. The Kier molecular flexibility index (Phi) is 3.14. The molecule has 1 aliphatic heterocycles. The van der Waals surface area contributed by atoms with Crippen LogP contribution in [0.5, 0.6) is 0 Å². The Morgan fingerprint density at radius 2 is 2.20 bits per heavy atom. The van der Waals surface area contributed by atoms with Crippen molar-refractivity contribution in [1.82, 2.24) is 9.80 Å². The molecule has 2 aliphatic rings. The van der Waals surface area contributed by atoms with E-state index in [0.717, 1.165) is 26.1 Å². The minimum Gasteiger partial charge on any atom is -0.330 e. The fraction of sp³-hybridized carbons (Fsp3) is 0.909. The summed E-state index contributed by atoms with van der Waals surface area (Å²) in [5, 5.41) is 0. The summed E-state index contributed by atoms with van der Waals surface area (Å²) in [6, 6.07) is 0.760. The first-order valence-electron chi connectivity index (χ1n) is 6.01. The highest BCUT2D eigenvalue weighted by Gasteiger charge is 2.35. The molecule has 0 bridgehead atoms. The minimum absolute atomic E-state index is 0.232. The summed E-state index contributed by atoms with van der Waals surface area (Å²) in [5.41, 5.74) is 5.63. The van der Waals surface area contributed by atoms with Gasteiger partial charge in [0, 0.05) is 25.7 Å². The number of rotatable bonds is 3. The highest BCUT2D eigenvalue weighted by Crippen LogP contribution is 2.28. The Morgan fingerprint density at radius 3 is 2.67 bits per heavy atom. The summed E-state index contributed by atoms with van der Waals surface area (Å²) in [6.07, 6.45) is 3.45. The van der Waals surface area contributed by atoms with Crippen LogP contribution in [0.1, 0.15) is 26.2 Å². The molecule has 1 saturated carbocycles. The number of urea groups is 1. The monoisotopic (exact) mass is 211 g/mol. The van der Waals surface area contributed by atoms with Gasteiger partial charge < -0.3 is 15.5 Å². The maximum Gasteiger partial charge on any atom is 0.320 e. The molecule has 1 atom stereocenters. The molecule has 1 heterocycles. The van der Waals surface area contributed by atoms with Gasteiger partial charge in [0.25, 0.3) is 0 Å². The molecule has 2 fully saturated rings. The van der Waals surface area contributed by atoms with Gasteiger partial charge in [0.2, 0.25) is 0 Å². The van der Waals surface area contributed by atoms with E-state index in [1.165, 1.54) is 12.8 Å². The van der Waals surface area contributed by atoms with Crippen LogP contribution in [0, 0.1) is 5.92 Å². The van der Waals surface area contributed by atoms with E-state index in [-0.39, 0.29) is 6.03 Å². The molecule has 2 amide bonds. The van der Waals surface area contributed by atoms with Gasteiger partial charge in [-0.2, -0.15) is 0 Å². The van der Waals surface area contributed by atoms with Crippen LogP contribution >= 0.6 is 0 Å². The second-order valence-electron chi connectivity index (χ2n) is 4.64. The van der Waals surface area contributed by atoms with Crippen LogP contribution in [0.25, 0.3) is 0 Å². The standard InChI is InChI=1S/C11H21N3O/c1-2-14(10-3-4-10)11(15)13-6-5-9(7-12)8-13/h9-10H,2-8,12H2,1H3. The zero-order chi connectivity index (χ0) is 10.8. The van der Waals surface area contributed by atoms with E-state index >= 15 is 0 Å². The van der Waals surface area contributed by atoms with Gasteiger partial charge in [-0.3, -0.25) is 0 Å². The molecule has 0 aromatic rings. The quantitative estimate of drug-likeness (QED) is 0.753. The molecule has 1 unspecified atom stereocenters. The Hall–Kier alpha value is -0.770. The predicted octanol–water partition coefficient (Wildman–Crippen LogP) is 0.871. The van der Waals surface area contributed by atoms with Crippen molar-refractivity contribution >= 4 is 6.03 Å². The molecule has 1 aliphatic carbocycles. The van der Waals surface area contributed by atoms with Gasteiger partial charge >= 0.3 is 6.03 Å². The molecule has 1 saturated heterocycles. The van der Waals surface area contributed by atoms with Crippen LogP contribution in [0.2, 0.25) is 0 Å². The van der Waals surface area contributed by atoms with E-state index < -0.39 is 0 Å². The molecule has 0 aromatic carbocycles. The zero-order valence-corrected chi connectivity index (χ0v) is 9.48. The molecule has 4 nitrogen and oxygen atoms in total. The van der Waals surface area contributed by atoms with Gasteiger partial charge in [-0.25, -0.2) is 4.79 Å². The van der Waals surface area contributed by atoms with E-state index in [0.29, 0.717) is 18.5 Å². The number of carbonyl (C=O) groups excluding carboxylic acids is 1. The number of carbonyl (C=O) groups is 1. The fourth-order valence-electron chi connectivity index (χ4n) is 2.32. The lowest BCUT2D eigenvalue weighted by molar-refractivity contribution is 0.161. The fourth-order valence-corrected chi connectivity index (χ4v) is 2.32. The van der Waals surface area contributed by atoms with E-state index in [9.17, 15) is 4.79 Å². The Labute approximate surface area is 91.4 Å². The second-order valence-corrected chi connectivity index (χ2v) is 4.64. The van der Waals surface area contributed by atoms with Crippen molar-refractivity contribution < 1.29 is 4.79 Å². The van der Waals surface area contributed by atoms with E-state index in [2.05, 4.69) is 6.92 Å². The zero-order valence-electron chi connectivity index (χ0n) is 9.48. The summed E-state index contributed by atoms with van der Waals surface area (Å²) in [6.45, 7) is 5.36. The van der Waals surface area contributed by atoms with Crippen molar-refractivity contribution in [2.75, 3.05) is 26.2 Å². The second kappa shape index (κ2) is 4.39. The van der Waals surface area contributed by atoms with Crippen LogP contribution in [0.4, 0.5) is 4.79 Å². The number of likely N-dealkylation sites (tertiary alicyclic amines) is 1. The molecule has 2 N–H and O–H groups in total. The average molecular weight is 211 g/mol. The highest BCUT2D eigenvalue weighted by molar-refractivity contribution is 5.75. The lowest BCUT2D eigenvalue weighted by Crippen LogP contribution is -2.43. The SMILES string of the molecule is CCN(C(=O)N1CCC(CN)C1)C1CC1. The van der Waals surface area contributed by atoms with Crippen LogP contribution in [-0.2, 0) is 0 Å². The van der Waals surface area contributed by atoms with Crippen molar-refractivity contribution in [3.05, 3.63) is 0 Å². The smallest absolute Gasteiger partial charge is 0.320 e. The normalized spacial score (nSPS) is 25.7. The Morgan fingerprint density at radius 1 is 1.47 bits per heavy atom. The van der Waals surface area contributed by atoms with Crippen LogP contribution in [-0.4, -0.2) is 48.1 Å². The minimum atomic E-state index is 0.232. The molecular formula is C11H21N3O. The van der Waals surface area contributed by atoms with Crippen molar-refractivity contribution in [3.63, 3.8) is 0 Å². The third-order valence-electron chi connectivity index (χ3n) is 3.46. The van der Waals surface area contributed by atoms with Crippen LogP contribution in [0.15, 0.2) is 0 Å². The van der Waals surface area contributed by atoms with Gasteiger partial charge in [-0.1, -0.05) is 0 Å². The van der Waals surface area contributed by atoms with Crippen LogP contribution in [0.3, 0.4) is 0 Å². The number of hydrogen-bond donors (Lipinski definition) is 1. The summed E-state index contributed by atoms with van der Waals surface area (Å²) in [7, 11) is 0. The van der Waals surface area contributed by atoms with E-state index in [1.54, 1.807) is 0 Å². The largest absolute Gasteiger partial charge is 0.330 e. The predicted molar refractivity (Wildman–Crippen MR) is 59.5 cm³/mol. The van der Waals surface area contributed by atoms with Crippen molar-refractivity contribution in [3.8, 4) is 0 Å². The Bertz CT molecular complexity index is 240. The third-order valence-corrected chi connectivity index (χ3v) is 3.46. The van der Waals surface area contributed by atoms with Crippen molar-refractivity contribution in [2.24, 2.45) is 11.7 Å². The highest BCUT2D eigenvalue weighted by atomic mass is 16.2. The number of hydrogen-bond acceptors (Lipinski definition) is 2. The van der Waals surface area contributed by atoms with Gasteiger partial charge in [0.1, 0.15) is 0 Å². The Balaban J connectivity index is 1.89. The molecule has 0 aromatic heterocycles. The third kappa shape index (κ3) is 2.25. The van der Waals surface area contributed by atoms with Crippen LogP contribution < -0.4 is 5.73 Å². The average Bonchev–Trinajstić information content (AvgIpc) is 2.97. The molecular weight excluding hydrogens is 190 g/mol. The lowest BCUT2D eigenvalue weighted by atomic mass is 10.1. The molecule has 0 spiro atoms. The summed E-state index contributed by atoms with van der Waals surface area (Å²) >= 11 is 0. The molecule has 0 radical (unpaired) electrons. The first-order valence-corrected chi connectivity index (χ1v) is 6.01. The topological polar surface area (TPSA) is 49.6 Å². The first kappa shape index (κ1) is 10.7. The van der Waals surface area contributed by atoms with Gasteiger partial charge in [0.05, 0.1) is 0 Å². The molecule has 86 valence electrons. The molecule has 4 heteroatoms. The number of nitrogens with two attached hydrogens (primary N) is 1. The molecule has 15 heavy (non-hydrogen) atoms. The van der Waals surface area contributed by atoms with E-state index in [4.69, 9.17) is 5.73 Å². The maximum absolute atomic E-state index is 12.1. The number of amides is 2. The number of nitrogens with zero attached hydrogens (tertiary/aromatic N) is 2. The summed E-state index contributed by atoms with van der Waals surface area (Å²) in [4.78, 5) is 16.1. The lowest BCUT2D eigenvalue weighted by Gasteiger charge is -2.27. The van der Waals surface area contributed by atoms with Crippen molar-refractivity contribution in [1.29, 1.82) is 0 Å². The summed E-state index contributed by atoms with van der Waals surface area (Å²) in [5.74, 6) is 0.520. The first-order chi connectivity index (χ1) is 7.26. The van der Waals surface area contributed by atoms with Gasteiger partial charge in [-0.05, 0) is 38.6 Å². The van der Waals surface area contributed by atoms with E-state index in [1.807, 2.05) is 9.80 Å².